The summed E-state index contributed by atoms with van der Waals surface area (Å²) in [4.78, 5) is 6.38. The van der Waals surface area contributed by atoms with Gasteiger partial charge in [0.1, 0.15) is 0 Å². The van der Waals surface area contributed by atoms with Crippen LogP contribution in [-0.4, -0.2) is 67.2 Å². The number of nitrogens with zero attached hydrogens (tertiary/aromatic N) is 3. The lowest BCUT2D eigenvalue weighted by Crippen LogP contribution is -2.53. The molecule has 23 heavy (non-hydrogen) atoms. The van der Waals surface area contributed by atoms with Crippen molar-refractivity contribution in [1.82, 2.24) is 14.2 Å². The van der Waals surface area contributed by atoms with E-state index >= 15 is 0 Å². The maximum Gasteiger partial charge on any atom is 0.214 e. The molecule has 0 spiro atoms. The Hall–Kier alpha value is -1.02. The topological polar surface area (TPSA) is 62.7 Å². The second kappa shape index (κ2) is 6.84. The highest BCUT2D eigenvalue weighted by Crippen LogP contribution is 2.34. The van der Waals surface area contributed by atoms with Gasteiger partial charge in [-0.3, -0.25) is 9.88 Å². The Morgan fingerprint density at radius 1 is 1.30 bits per heavy atom. The highest BCUT2D eigenvalue weighted by molar-refractivity contribution is 7.89. The number of rotatable bonds is 5. The normalized spacial score (nSPS) is 29.6. The van der Waals surface area contributed by atoms with Crippen LogP contribution in [0.2, 0.25) is 0 Å². The molecular formula is C16H25N3O3S. The molecule has 7 heteroatoms. The number of likely N-dealkylation sites (tertiary alicyclic amines) is 1. The summed E-state index contributed by atoms with van der Waals surface area (Å²) >= 11 is 0. The van der Waals surface area contributed by atoms with Gasteiger partial charge in [0.25, 0.3) is 0 Å². The molecule has 0 bridgehead atoms. The molecule has 1 aromatic heterocycles. The molecular weight excluding hydrogens is 314 g/mol. The summed E-state index contributed by atoms with van der Waals surface area (Å²) in [5, 5.41) is 0. The molecule has 1 aromatic rings. The fourth-order valence-electron chi connectivity index (χ4n) is 3.88. The first kappa shape index (κ1) is 16.8. The van der Waals surface area contributed by atoms with Crippen molar-refractivity contribution in [1.29, 1.82) is 0 Å². The van der Waals surface area contributed by atoms with E-state index in [9.17, 15) is 8.42 Å². The summed E-state index contributed by atoms with van der Waals surface area (Å²) in [6.07, 6.45) is 4.51. The zero-order valence-electron chi connectivity index (χ0n) is 13.8. The molecule has 2 saturated heterocycles. The molecule has 0 aliphatic carbocycles. The van der Waals surface area contributed by atoms with Gasteiger partial charge in [-0.2, -0.15) is 4.31 Å². The minimum Gasteiger partial charge on any atom is -0.381 e. The molecule has 3 heterocycles. The number of pyridine rings is 1. The summed E-state index contributed by atoms with van der Waals surface area (Å²) in [6.45, 7) is 4.76. The van der Waals surface area contributed by atoms with Gasteiger partial charge in [-0.05, 0) is 31.0 Å². The quantitative estimate of drug-likeness (QED) is 0.799. The first-order valence-corrected chi connectivity index (χ1v) is 9.79. The van der Waals surface area contributed by atoms with Crippen LogP contribution < -0.4 is 0 Å². The van der Waals surface area contributed by atoms with Gasteiger partial charge in [0.2, 0.25) is 10.0 Å². The van der Waals surface area contributed by atoms with Gasteiger partial charge in [0, 0.05) is 57.6 Å². The highest BCUT2D eigenvalue weighted by atomic mass is 32.2. The third kappa shape index (κ3) is 3.42. The lowest BCUT2D eigenvalue weighted by molar-refractivity contribution is 0.00232. The lowest BCUT2D eigenvalue weighted by Gasteiger charge is -2.39. The van der Waals surface area contributed by atoms with Crippen LogP contribution in [0.3, 0.4) is 0 Å². The Labute approximate surface area is 138 Å². The minimum absolute atomic E-state index is 0.0282. The van der Waals surface area contributed by atoms with Crippen LogP contribution in [0.5, 0.6) is 0 Å². The molecule has 0 radical (unpaired) electrons. The van der Waals surface area contributed by atoms with E-state index in [4.69, 9.17) is 4.74 Å². The average molecular weight is 339 g/mol. The fraction of sp³-hybridized carbons (Fsp3) is 0.688. The monoisotopic (exact) mass is 339 g/mol. The Balaban J connectivity index is 1.78. The van der Waals surface area contributed by atoms with Crippen molar-refractivity contribution >= 4 is 10.0 Å². The standard InChI is InChI=1S/C16H25N3O3S/c1-3-23(20,21)19-9-6-16(22-2)14-11-18(12-15(14)19)10-13-4-7-17-8-5-13/h4-5,7-8,14-16H,3,6,9-12H2,1-2H3/t14-,15+,16+/m0/s1. The third-order valence-corrected chi connectivity index (χ3v) is 6.97. The predicted octanol–water partition coefficient (Wildman–Crippen LogP) is 0.952. The van der Waals surface area contributed by atoms with Crippen molar-refractivity contribution in [2.45, 2.75) is 32.0 Å². The molecule has 2 fully saturated rings. The molecule has 0 N–H and O–H groups in total. The smallest absolute Gasteiger partial charge is 0.214 e. The molecule has 6 nitrogen and oxygen atoms in total. The predicted molar refractivity (Wildman–Crippen MR) is 88.4 cm³/mol. The molecule has 0 aromatic carbocycles. The number of piperidine rings is 1. The van der Waals surface area contributed by atoms with Crippen molar-refractivity contribution in [3.8, 4) is 0 Å². The van der Waals surface area contributed by atoms with Crippen molar-refractivity contribution in [3.63, 3.8) is 0 Å². The van der Waals surface area contributed by atoms with Crippen LogP contribution in [0, 0.1) is 5.92 Å². The van der Waals surface area contributed by atoms with Gasteiger partial charge in [0.15, 0.2) is 0 Å². The SMILES string of the molecule is CCS(=O)(=O)N1CC[C@@H](OC)[C@H]2CN(Cc3ccncc3)C[C@H]21. The van der Waals surface area contributed by atoms with Crippen molar-refractivity contribution < 1.29 is 13.2 Å². The number of aromatic nitrogens is 1. The summed E-state index contributed by atoms with van der Waals surface area (Å²) < 4.78 is 32.2. The molecule has 3 rings (SSSR count). The second-order valence-corrected chi connectivity index (χ2v) is 8.57. The van der Waals surface area contributed by atoms with Gasteiger partial charge in [-0.25, -0.2) is 8.42 Å². The number of fused-ring (bicyclic) bond motifs is 1. The van der Waals surface area contributed by atoms with Crippen LogP contribution in [-0.2, 0) is 21.3 Å². The molecule has 2 aliphatic rings. The van der Waals surface area contributed by atoms with Crippen LogP contribution in [0.15, 0.2) is 24.5 Å². The van der Waals surface area contributed by atoms with E-state index in [2.05, 4.69) is 9.88 Å². The van der Waals surface area contributed by atoms with E-state index in [-0.39, 0.29) is 23.8 Å². The van der Waals surface area contributed by atoms with Crippen molar-refractivity contribution in [2.24, 2.45) is 5.92 Å². The number of hydrogen-bond acceptors (Lipinski definition) is 5. The molecule has 128 valence electrons. The van der Waals surface area contributed by atoms with Gasteiger partial charge in [-0.1, -0.05) is 0 Å². The fourth-order valence-corrected chi connectivity index (χ4v) is 5.23. The van der Waals surface area contributed by atoms with Gasteiger partial charge in [-0.15, -0.1) is 0 Å². The highest BCUT2D eigenvalue weighted by Gasteiger charge is 2.47. The zero-order chi connectivity index (χ0) is 16.4. The number of methoxy groups -OCH3 is 1. The van der Waals surface area contributed by atoms with Gasteiger partial charge >= 0.3 is 0 Å². The maximum absolute atomic E-state index is 12.4. The Kier molecular flexibility index (Phi) is 5.01. The third-order valence-electron chi connectivity index (χ3n) is 5.07. The van der Waals surface area contributed by atoms with Crippen molar-refractivity contribution in [3.05, 3.63) is 30.1 Å². The number of ether oxygens (including phenoxy) is 1. The van der Waals surface area contributed by atoms with E-state index in [1.807, 2.05) is 12.1 Å². The van der Waals surface area contributed by atoms with E-state index < -0.39 is 10.0 Å². The van der Waals surface area contributed by atoms with E-state index in [1.54, 1.807) is 30.7 Å². The summed E-state index contributed by atoms with van der Waals surface area (Å²) in [5.41, 5.74) is 1.21. The summed E-state index contributed by atoms with van der Waals surface area (Å²) in [5.74, 6) is 0.412. The van der Waals surface area contributed by atoms with Crippen LogP contribution in [0.25, 0.3) is 0 Å². The van der Waals surface area contributed by atoms with Gasteiger partial charge in [0.05, 0.1) is 11.9 Å². The number of hydrogen-bond donors (Lipinski definition) is 0. The Morgan fingerprint density at radius 2 is 2.04 bits per heavy atom. The molecule has 3 atom stereocenters. The van der Waals surface area contributed by atoms with Crippen LogP contribution >= 0.6 is 0 Å². The van der Waals surface area contributed by atoms with Crippen molar-refractivity contribution in [2.75, 3.05) is 32.5 Å². The zero-order valence-corrected chi connectivity index (χ0v) is 14.6. The lowest BCUT2D eigenvalue weighted by atomic mass is 9.91. The Bertz CT molecular complexity index is 623. The minimum atomic E-state index is -3.16. The van der Waals surface area contributed by atoms with E-state index in [0.29, 0.717) is 6.54 Å². The van der Waals surface area contributed by atoms with E-state index in [1.165, 1.54) is 5.56 Å². The second-order valence-electron chi connectivity index (χ2n) is 6.35. The van der Waals surface area contributed by atoms with Crippen LogP contribution in [0.4, 0.5) is 0 Å². The maximum atomic E-state index is 12.4. The molecule has 0 amide bonds. The first-order valence-electron chi connectivity index (χ1n) is 8.18. The first-order chi connectivity index (χ1) is 11.0. The number of sulfonamides is 1. The van der Waals surface area contributed by atoms with Gasteiger partial charge < -0.3 is 4.74 Å². The van der Waals surface area contributed by atoms with E-state index in [0.717, 1.165) is 26.1 Å². The average Bonchev–Trinajstić information content (AvgIpc) is 2.98. The van der Waals surface area contributed by atoms with Crippen LogP contribution in [0.1, 0.15) is 18.9 Å². The summed E-state index contributed by atoms with van der Waals surface area (Å²) in [7, 11) is -1.43. The Morgan fingerprint density at radius 3 is 2.70 bits per heavy atom. The molecule has 0 saturated carbocycles. The largest absolute Gasteiger partial charge is 0.381 e. The molecule has 2 aliphatic heterocycles. The molecule has 0 unspecified atom stereocenters. The summed E-state index contributed by atoms with van der Waals surface area (Å²) in [6, 6.07) is 4.05.